The molecule has 1 amide bonds. The second-order valence-corrected chi connectivity index (χ2v) is 7.89. The Morgan fingerprint density at radius 2 is 2.00 bits per heavy atom. The highest BCUT2D eigenvalue weighted by molar-refractivity contribution is 7.15. The molecule has 7 nitrogen and oxygen atoms in total. The molecule has 0 saturated carbocycles. The highest BCUT2D eigenvalue weighted by Gasteiger charge is 2.20. The van der Waals surface area contributed by atoms with Crippen molar-refractivity contribution in [1.29, 1.82) is 0 Å². The SMILES string of the molecule is COc1ccc(OC)c(-c2csc3ncc(C(=O)Nc4cccc(Cl)c4C)c(=O)n23)c1. The number of ether oxygens (including phenoxy) is 2. The van der Waals surface area contributed by atoms with E-state index in [1.54, 1.807) is 62.9 Å². The van der Waals surface area contributed by atoms with Crippen LogP contribution < -0.4 is 20.3 Å². The van der Waals surface area contributed by atoms with Crippen molar-refractivity contribution >= 4 is 39.5 Å². The number of aromatic nitrogens is 2. The van der Waals surface area contributed by atoms with Crippen LogP contribution in [0, 0.1) is 6.92 Å². The zero-order valence-electron chi connectivity index (χ0n) is 16.9. The maximum atomic E-state index is 13.3. The van der Waals surface area contributed by atoms with E-state index >= 15 is 0 Å². The van der Waals surface area contributed by atoms with Gasteiger partial charge in [-0.1, -0.05) is 17.7 Å². The topological polar surface area (TPSA) is 81.9 Å². The minimum atomic E-state index is -0.563. The Morgan fingerprint density at radius 3 is 2.74 bits per heavy atom. The van der Waals surface area contributed by atoms with E-state index in [0.29, 0.717) is 44.0 Å². The van der Waals surface area contributed by atoms with E-state index in [9.17, 15) is 9.59 Å². The summed E-state index contributed by atoms with van der Waals surface area (Å²) in [5.41, 5.74) is 1.88. The lowest BCUT2D eigenvalue weighted by atomic mass is 10.1. The fourth-order valence-electron chi connectivity index (χ4n) is 3.18. The molecule has 0 aliphatic rings. The van der Waals surface area contributed by atoms with E-state index in [1.165, 1.54) is 21.9 Å². The summed E-state index contributed by atoms with van der Waals surface area (Å²) in [4.78, 5) is 30.9. The molecule has 158 valence electrons. The lowest BCUT2D eigenvalue weighted by molar-refractivity contribution is 0.102. The molecular weight excluding hydrogens is 438 g/mol. The van der Waals surface area contributed by atoms with Crippen LogP contribution in [0.3, 0.4) is 0 Å². The third kappa shape index (κ3) is 3.75. The van der Waals surface area contributed by atoms with Crippen LogP contribution in [0.2, 0.25) is 5.02 Å². The molecule has 0 unspecified atom stereocenters. The van der Waals surface area contributed by atoms with Gasteiger partial charge >= 0.3 is 0 Å². The van der Waals surface area contributed by atoms with Crippen LogP contribution >= 0.6 is 22.9 Å². The molecule has 0 aliphatic heterocycles. The van der Waals surface area contributed by atoms with E-state index in [0.717, 1.165) is 0 Å². The van der Waals surface area contributed by atoms with Gasteiger partial charge in [0, 0.05) is 27.9 Å². The largest absolute Gasteiger partial charge is 0.497 e. The number of hydrogen-bond acceptors (Lipinski definition) is 6. The molecular formula is C22H18ClN3O4S. The van der Waals surface area contributed by atoms with Gasteiger partial charge in [0.15, 0.2) is 4.96 Å². The van der Waals surface area contributed by atoms with E-state index in [4.69, 9.17) is 21.1 Å². The average Bonchev–Trinajstić information content (AvgIpc) is 3.21. The summed E-state index contributed by atoms with van der Waals surface area (Å²) < 4.78 is 12.2. The van der Waals surface area contributed by atoms with Crippen molar-refractivity contribution in [1.82, 2.24) is 9.38 Å². The first-order valence-corrected chi connectivity index (χ1v) is 10.5. The highest BCUT2D eigenvalue weighted by atomic mass is 35.5. The Morgan fingerprint density at radius 1 is 1.19 bits per heavy atom. The van der Waals surface area contributed by atoms with Crippen molar-refractivity contribution in [3.05, 3.63) is 74.5 Å². The van der Waals surface area contributed by atoms with Gasteiger partial charge in [-0.2, -0.15) is 0 Å². The zero-order chi connectivity index (χ0) is 22.1. The molecule has 2 heterocycles. The second kappa shape index (κ2) is 8.41. The molecule has 0 saturated heterocycles. The van der Waals surface area contributed by atoms with Crippen molar-refractivity contribution in [2.75, 3.05) is 19.5 Å². The number of hydrogen-bond donors (Lipinski definition) is 1. The summed E-state index contributed by atoms with van der Waals surface area (Å²) in [5, 5.41) is 5.06. The van der Waals surface area contributed by atoms with Gasteiger partial charge in [0.25, 0.3) is 11.5 Å². The quantitative estimate of drug-likeness (QED) is 0.473. The maximum Gasteiger partial charge on any atom is 0.271 e. The van der Waals surface area contributed by atoms with Crippen molar-refractivity contribution in [2.24, 2.45) is 0 Å². The lowest BCUT2D eigenvalue weighted by Gasteiger charge is -2.11. The molecule has 31 heavy (non-hydrogen) atoms. The number of fused-ring (bicyclic) bond motifs is 1. The summed E-state index contributed by atoms with van der Waals surface area (Å²) >= 11 is 7.42. The lowest BCUT2D eigenvalue weighted by Crippen LogP contribution is -2.26. The number of anilines is 1. The molecule has 0 fully saturated rings. The maximum absolute atomic E-state index is 13.3. The molecule has 0 atom stereocenters. The molecule has 2 aromatic heterocycles. The predicted octanol–water partition coefficient (Wildman–Crippen LogP) is 4.65. The minimum Gasteiger partial charge on any atom is -0.497 e. The van der Waals surface area contributed by atoms with E-state index in [1.807, 2.05) is 0 Å². The van der Waals surface area contributed by atoms with E-state index in [-0.39, 0.29) is 5.56 Å². The van der Waals surface area contributed by atoms with Gasteiger partial charge in [-0.3, -0.25) is 14.0 Å². The van der Waals surface area contributed by atoms with E-state index in [2.05, 4.69) is 10.3 Å². The standard InChI is InChI=1S/C22H18ClN3O4S/c1-12-16(23)5-4-6-17(12)25-20(27)15-10-24-22-26(21(15)28)18(11-31-22)14-9-13(29-2)7-8-19(14)30-3/h4-11H,1-3H3,(H,25,27). The average molecular weight is 456 g/mol. The molecule has 9 heteroatoms. The summed E-state index contributed by atoms with van der Waals surface area (Å²) in [5.74, 6) is 0.616. The Hall–Kier alpha value is -3.36. The number of carbonyl (C=O) groups is 1. The molecule has 4 rings (SSSR count). The van der Waals surface area contributed by atoms with Gasteiger partial charge < -0.3 is 14.8 Å². The number of thiazole rings is 1. The van der Waals surface area contributed by atoms with Gasteiger partial charge in [-0.05, 0) is 42.8 Å². The number of benzene rings is 2. The van der Waals surface area contributed by atoms with Crippen molar-refractivity contribution in [3.8, 4) is 22.8 Å². The Labute approximate surface area is 186 Å². The first-order chi connectivity index (χ1) is 14.9. The summed E-state index contributed by atoms with van der Waals surface area (Å²) in [6.45, 7) is 1.79. The normalized spacial score (nSPS) is 10.8. The van der Waals surface area contributed by atoms with Crippen LogP contribution in [0.15, 0.2) is 52.8 Å². The molecule has 0 aliphatic carbocycles. The summed E-state index contributed by atoms with van der Waals surface area (Å²) in [7, 11) is 3.11. The van der Waals surface area contributed by atoms with Crippen molar-refractivity contribution in [2.45, 2.75) is 6.92 Å². The predicted molar refractivity (Wildman–Crippen MR) is 122 cm³/mol. The van der Waals surface area contributed by atoms with Gasteiger partial charge in [0.2, 0.25) is 0 Å². The number of nitrogens with zero attached hydrogens (tertiary/aromatic N) is 2. The molecule has 1 N–H and O–H groups in total. The fourth-order valence-corrected chi connectivity index (χ4v) is 4.21. The smallest absolute Gasteiger partial charge is 0.271 e. The van der Waals surface area contributed by atoms with Crippen molar-refractivity contribution < 1.29 is 14.3 Å². The number of nitrogens with one attached hydrogen (secondary N) is 1. The van der Waals surface area contributed by atoms with E-state index < -0.39 is 11.5 Å². The molecule has 4 aromatic rings. The third-order valence-corrected chi connectivity index (χ3v) is 6.14. The van der Waals surface area contributed by atoms with Crippen LogP contribution in [-0.4, -0.2) is 29.5 Å². The number of carbonyl (C=O) groups excluding carboxylic acids is 1. The van der Waals surface area contributed by atoms with Crippen LogP contribution in [0.25, 0.3) is 16.2 Å². The second-order valence-electron chi connectivity index (χ2n) is 6.65. The first kappa shape index (κ1) is 20.9. The van der Waals surface area contributed by atoms with Gasteiger partial charge in [-0.25, -0.2) is 4.98 Å². The fraction of sp³-hybridized carbons (Fsp3) is 0.136. The van der Waals surface area contributed by atoms with Gasteiger partial charge in [0.05, 0.1) is 19.9 Å². The molecule has 0 radical (unpaired) electrons. The van der Waals surface area contributed by atoms with Crippen LogP contribution in [0.4, 0.5) is 5.69 Å². The minimum absolute atomic E-state index is 0.0848. The Bertz CT molecular complexity index is 1360. The van der Waals surface area contributed by atoms with Crippen LogP contribution in [0.1, 0.15) is 15.9 Å². The third-order valence-electron chi connectivity index (χ3n) is 4.89. The summed E-state index contributed by atoms with van der Waals surface area (Å²) in [6, 6.07) is 10.5. The van der Waals surface area contributed by atoms with Gasteiger partial charge in [0.1, 0.15) is 17.1 Å². The van der Waals surface area contributed by atoms with Crippen molar-refractivity contribution in [3.63, 3.8) is 0 Å². The first-order valence-electron chi connectivity index (χ1n) is 9.22. The Kier molecular flexibility index (Phi) is 5.67. The Balaban J connectivity index is 1.83. The monoisotopic (exact) mass is 455 g/mol. The molecule has 0 bridgehead atoms. The highest BCUT2D eigenvalue weighted by Crippen LogP contribution is 2.35. The summed E-state index contributed by atoms with van der Waals surface area (Å²) in [6.07, 6.45) is 1.29. The number of amides is 1. The molecule has 0 spiro atoms. The number of methoxy groups -OCH3 is 2. The van der Waals surface area contributed by atoms with Gasteiger partial charge in [-0.15, -0.1) is 11.3 Å². The number of halogens is 1. The zero-order valence-corrected chi connectivity index (χ0v) is 18.5. The van der Waals surface area contributed by atoms with Crippen LogP contribution in [0.5, 0.6) is 11.5 Å². The van der Waals surface area contributed by atoms with Crippen LogP contribution in [-0.2, 0) is 0 Å². The molecule has 2 aromatic carbocycles. The number of rotatable bonds is 5.